The van der Waals surface area contributed by atoms with Gasteiger partial charge in [0.15, 0.2) is 0 Å². The van der Waals surface area contributed by atoms with Gasteiger partial charge in [0.25, 0.3) is 0 Å². The molecule has 0 fully saturated rings. The molecule has 1 aromatic heterocycles. The summed E-state index contributed by atoms with van der Waals surface area (Å²) < 4.78 is 15.7. The average molecular weight is 271 g/mol. The van der Waals surface area contributed by atoms with Crippen LogP contribution < -0.4 is 5.32 Å². The van der Waals surface area contributed by atoms with Crippen molar-refractivity contribution in [2.45, 2.75) is 45.8 Å². The number of aryl methyl sites for hydroxylation is 1. The molecule has 0 bridgehead atoms. The smallest absolute Gasteiger partial charge is 0.242 e. The number of aromatic nitrogens is 2. The normalized spacial score (nSPS) is 12.0. The highest BCUT2D eigenvalue weighted by molar-refractivity contribution is 4.81. The first kappa shape index (κ1) is 16.1. The van der Waals surface area contributed by atoms with Crippen molar-refractivity contribution in [1.29, 1.82) is 0 Å². The van der Waals surface area contributed by atoms with Crippen LogP contribution in [0.5, 0.6) is 0 Å². The molecule has 0 aliphatic rings. The van der Waals surface area contributed by atoms with Crippen molar-refractivity contribution in [2.75, 3.05) is 26.9 Å². The van der Waals surface area contributed by atoms with Crippen LogP contribution in [-0.2, 0) is 22.5 Å². The van der Waals surface area contributed by atoms with Gasteiger partial charge in [0.1, 0.15) is 6.61 Å². The van der Waals surface area contributed by atoms with E-state index in [1.165, 1.54) is 0 Å². The first-order chi connectivity index (χ1) is 9.01. The maximum Gasteiger partial charge on any atom is 0.242 e. The second-order valence-corrected chi connectivity index (χ2v) is 5.42. The molecule has 6 heteroatoms. The maximum atomic E-state index is 5.48. The van der Waals surface area contributed by atoms with Gasteiger partial charge in [-0.1, -0.05) is 0 Å². The van der Waals surface area contributed by atoms with Gasteiger partial charge >= 0.3 is 0 Å². The topological polar surface area (TPSA) is 69.4 Å². The zero-order valence-electron chi connectivity index (χ0n) is 12.4. The fraction of sp³-hybridized carbons (Fsp3) is 0.846. The van der Waals surface area contributed by atoms with E-state index in [0.717, 1.165) is 19.4 Å². The summed E-state index contributed by atoms with van der Waals surface area (Å²) in [6.45, 7) is 8.82. The summed E-state index contributed by atoms with van der Waals surface area (Å²) >= 11 is 0. The molecule has 0 aliphatic heterocycles. The van der Waals surface area contributed by atoms with Crippen molar-refractivity contribution in [3.63, 3.8) is 0 Å². The third-order valence-corrected chi connectivity index (χ3v) is 2.39. The van der Waals surface area contributed by atoms with Gasteiger partial charge in [0.2, 0.25) is 11.8 Å². The van der Waals surface area contributed by atoms with E-state index in [-0.39, 0.29) is 5.54 Å². The minimum Gasteiger partial charge on any atom is -0.423 e. The fourth-order valence-electron chi connectivity index (χ4n) is 1.45. The first-order valence-corrected chi connectivity index (χ1v) is 6.64. The Labute approximate surface area is 114 Å². The highest BCUT2D eigenvalue weighted by Crippen LogP contribution is 2.05. The number of rotatable bonds is 9. The molecule has 110 valence electrons. The Bertz CT molecular complexity index is 347. The average Bonchev–Trinajstić information content (AvgIpc) is 2.77. The number of ether oxygens (including phenoxy) is 2. The molecule has 0 aliphatic carbocycles. The Morgan fingerprint density at radius 1 is 1.16 bits per heavy atom. The molecule has 1 N–H and O–H groups in total. The van der Waals surface area contributed by atoms with Crippen LogP contribution in [0, 0.1) is 0 Å². The SMILES string of the molecule is COCCOCc1nnc(CCCNC(C)(C)C)o1. The minimum absolute atomic E-state index is 0.148. The van der Waals surface area contributed by atoms with Gasteiger partial charge < -0.3 is 19.2 Å². The zero-order valence-corrected chi connectivity index (χ0v) is 12.4. The Morgan fingerprint density at radius 2 is 1.89 bits per heavy atom. The number of nitrogens with zero attached hydrogens (tertiary/aromatic N) is 2. The van der Waals surface area contributed by atoms with E-state index >= 15 is 0 Å². The van der Waals surface area contributed by atoms with E-state index in [0.29, 0.717) is 31.6 Å². The van der Waals surface area contributed by atoms with Gasteiger partial charge in [0.05, 0.1) is 13.2 Å². The van der Waals surface area contributed by atoms with E-state index in [9.17, 15) is 0 Å². The molecule has 19 heavy (non-hydrogen) atoms. The largest absolute Gasteiger partial charge is 0.423 e. The molecule has 1 heterocycles. The first-order valence-electron chi connectivity index (χ1n) is 6.64. The van der Waals surface area contributed by atoms with E-state index < -0.39 is 0 Å². The van der Waals surface area contributed by atoms with Crippen LogP contribution in [0.25, 0.3) is 0 Å². The van der Waals surface area contributed by atoms with Gasteiger partial charge in [-0.3, -0.25) is 0 Å². The lowest BCUT2D eigenvalue weighted by atomic mass is 10.1. The molecule has 0 saturated carbocycles. The summed E-state index contributed by atoms with van der Waals surface area (Å²) in [7, 11) is 1.64. The maximum absolute atomic E-state index is 5.48. The van der Waals surface area contributed by atoms with Crippen LogP contribution in [0.4, 0.5) is 0 Å². The zero-order chi connectivity index (χ0) is 14.1. The standard InChI is InChI=1S/C13H25N3O3/c1-13(2,3)14-7-5-6-11-15-16-12(19-11)10-18-9-8-17-4/h14H,5-10H2,1-4H3. The number of nitrogens with one attached hydrogen (secondary N) is 1. The predicted molar refractivity (Wildman–Crippen MR) is 71.9 cm³/mol. The Kier molecular flexibility index (Phi) is 6.97. The van der Waals surface area contributed by atoms with Crippen LogP contribution in [0.3, 0.4) is 0 Å². The van der Waals surface area contributed by atoms with Crippen molar-refractivity contribution >= 4 is 0 Å². The van der Waals surface area contributed by atoms with E-state index in [1.54, 1.807) is 7.11 Å². The molecule has 0 radical (unpaired) electrons. The van der Waals surface area contributed by atoms with Crippen molar-refractivity contribution in [1.82, 2.24) is 15.5 Å². The number of hydrogen-bond donors (Lipinski definition) is 1. The number of methoxy groups -OCH3 is 1. The number of hydrogen-bond acceptors (Lipinski definition) is 6. The Balaban J connectivity index is 2.16. The summed E-state index contributed by atoms with van der Waals surface area (Å²) in [6, 6.07) is 0. The lowest BCUT2D eigenvalue weighted by Gasteiger charge is -2.19. The molecular weight excluding hydrogens is 246 g/mol. The Hall–Kier alpha value is -0.980. The van der Waals surface area contributed by atoms with Crippen molar-refractivity contribution in [3.8, 4) is 0 Å². The van der Waals surface area contributed by atoms with Crippen molar-refractivity contribution < 1.29 is 13.9 Å². The lowest BCUT2D eigenvalue weighted by Crippen LogP contribution is -2.36. The molecule has 0 spiro atoms. The molecule has 1 aromatic rings. The van der Waals surface area contributed by atoms with Crippen LogP contribution in [0.2, 0.25) is 0 Å². The summed E-state index contributed by atoms with van der Waals surface area (Å²) in [6.07, 6.45) is 1.76. The molecule has 0 saturated heterocycles. The molecule has 0 amide bonds. The molecule has 6 nitrogen and oxygen atoms in total. The van der Waals surface area contributed by atoms with Crippen LogP contribution in [-0.4, -0.2) is 42.6 Å². The Morgan fingerprint density at radius 3 is 2.58 bits per heavy atom. The lowest BCUT2D eigenvalue weighted by molar-refractivity contribution is 0.0513. The molecule has 0 aromatic carbocycles. The molecule has 0 unspecified atom stereocenters. The van der Waals surface area contributed by atoms with Gasteiger partial charge in [-0.15, -0.1) is 10.2 Å². The minimum atomic E-state index is 0.148. The van der Waals surface area contributed by atoms with E-state index in [2.05, 4.69) is 36.3 Å². The van der Waals surface area contributed by atoms with Gasteiger partial charge in [0, 0.05) is 19.1 Å². The van der Waals surface area contributed by atoms with E-state index in [1.807, 2.05) is 0 Å². The summed E-state index contributed by atoms with van der Waals surface area (Å²) in [5, 5.41) is 11.4. The highest BCUT2D eigenvalue weighted by atomic mass is 16.5. The molecular formula is C13H25N3O3. The molecule has 1 rings (SSSR count). The predicted octanol–water partition coefficient (Wildman–Crippen LogP) is 1.55. The van der Waals surface area contributed by atoms with Crippen LogP contribution in [0.1, 0.15) is 39.0 Å². The van der Waals surface area contributed by atoms with Gasteiger partial charge in [-0.05, 0) is 33.7 Å². The quantitative estimate of drug-likeness (QED) is 0.687. The monoisotopic (exact) mass is 271 g/mol. The third-order valence-electron chi connectivity index (χ3n) is 2.39. The summed E-state index contributed by atoms with van der Waals surface area (Å²) in [5.41, 5.74) is 0.148. The van der Waals surface area contributed by atoms with Crippen LogP contribution >= 0.6 is 0 Å². The van der Waals surface area contributed by atoms with E-state index in [4.69, 9.17) is 13.9 Å². The van der Waals surface area contributed by atoms with Gasteiger partial charge in [-0.25, -0.2) is 0 Å². The van der Waals surface area contributed by atoms with Crippen molar-refractivity contribution in [3.05, 3.63) is 11.8 Å². The summed E-state index contributed by atoms with van der Waals surface area (Å²) in [4.78, 5) is 0. The highest BCUT2D eigenvalue weighted by Gasteiger charge is 2.09. The van der Waals surface area contributed by atoms with Crippen LogP contribution in [0.15, 0.2) is 4.42 Å². The second-order valence-electron chi connectivity index (χ2n) is 5.42. The van der Waals surface area contributed by atoms with Crippen molar-refractivity contribution in [2.24, 2.45) is 0 Å². The van der Waals surface area contributed by atoms with Gasteiger partial charge in [-0.2, -0.15) is 0 Å². The fourth-order valence-corrected chi connectivity index (χ4v) is 1.45. The summed E-state index contributed by atoms with van der Waals surface area (Å²) in [5.74, 6) is 1.19. The third kappa shape index (κ3) is 7.92. The second kappa shape index (κ2) is 8.24. The molecule has 0 atom stereocenters.